The van der Waals surface area contributed by atoms with Gasteiger partial charge in [0.05, 0.1) is 18.3 Å². The van der Waals surface area contributed by atoms with Crippen LogP contribution in [0.2, 0.25) is 0 Å². The van der Waals surface area contributed by atoms with E-state index < -0.39 is 0 Å². The number of nitrogens with zero attached hydrogens (tertiary/aromatic N) is 3. The van der Waals surface area contributed by atoms with Gasteiger partial charge in [0.25, 0.3) is 5.88 Å². The van der Waals surface area contributed by atoms with Crippen LogP contribution in [0.25, 0.3) is 5.57 Å². The summed E-state index contributed by atoms with van der Waals surface area (Å²) < 4.78 is 14.6. The van der Waals surface area contributed by atoms with Crippen LogP contribution in [0.1, 0.15) is 29.7 Å². The molecule has 122 valence electrons. The lowest BCUT2D eigenvalue weighted by molar-refractivity contribution is 0.300. The van der Waals surface area contributed by atoms with Crippen molar-refractivity contribution in [1.29, 1.82) is 0 Å². The summed E-state index contributed by atoms with van der Waals surface area (Å²) in [6.07, 6.45) is 5.34. The minimum Gasteiger partial charge on any atom is -0.475 e. The SMILES string of the molecule is Cc1ccc(CCCOc2nsnc2C2=CCCN(C)C2)cc1. The Hall–Kier alpha value is -1.72. The van der Waals surface area contributed by atoms with Gasteiger partial charge in [-0.3, -0.25) is 0 Å². The highest BCUT2D eigenvalue weighted by Gasteiger charge is 2.18. The first-order valence-electron chi connectivity index (χ1n) is 8.11. The van der Waals surface area contributed by atoms with E-state index in [0.717, 1.165) is 38.0 Å². The van der Waals surface area contributed by atoms with Gasteiger partial charge in [0, 0.05) is 13.1 Å². The van der Waals surface area contributed by atoms with Crippen LogP contribution in [0, 0.1) is 6.92 Å². The third-order valence-corrected chi connectivity index (χ3v) is 4.59. The van der Waals surface area contributed by atoms with E-state index in [1.165, 1.54) is 28.4 Å². The molecule has 5 heteroatoms. The van der Waals surface area contributed by atoms with Gasteiger partial charge in [-0.05, 0) is 44.4 Å². The topological polar surface area (TPSA) is 38.3 Å². The summed E-state index contributed by atoms with van der Waals surface area (Å²) in [6, 6.07) is 8.69. The van der Waals surface area contributed by atoms with Gasteiger partial charge in [0.15, 0.2) is 0 Å². The maximum Gasteiger partial charge on any atom is 0.253 e. The van der Waals surface area contributed by atoms with Gasteiger partial charge in [0.1, 0.15) is 5.69 Å². The Balaban J connectivity index is 1.52. The summed E-state index contributed by atoms with van der Waals surface area (Å²) in [5.74, 6) is 0.695. The fraction of sp³-hybridized carbons (Fsp3) is 0.444. The molecule has 0 N–H and O–H groups in total. The molecule has 1 aliphatic heterocycles. The van der Waals surface area contributed by atoms with Crippen molar-refractivity contribution in [2.75, 3.05) is 26.7 Å². The molecule has 3 rings (SSSR count). The molecule has 1 aromatic carbocycles. The average molecular weight is 329 g/mol. The van der Waals surface area contributed by atoms with Gasteiger partial charge < -0.3 is 9.64 Å². The molecule has 0 saturated carbocycles. The van der Waals surface area contributed by atoms with Crippen LogP contribution in [0.4, 0.5) is 0 Å². The van der Waals surface area contributed by atoms with Crippen molar-refractivity contribution in [2.45, 2.75) is 26.2 Å². The van der Waals surface area contributed by atoms with Crippen molar-refractivity contribution >= 4 is 17.3 Å². The first-order valence-corrected chi connectivity index (χ1v) is 8.84. The predicted octanol–water partition coefficient (Wildman–Crippen LogP) is 3.58. The Morgan fingerprint density at radius 2 is 2.04 bits per heavy atom. The van der Waals surface area contributed by atoms with Crippen LogP contribution in [-0.2, 0) is 6.42 Å². The quantitative estimate of drug-likeness (QED) is 0.759. The summed E-state index contributed by atoms with van der Waals surface area (Å²) in [6.45, 7) is 4.81. The van der Waals surface area contributed by atoms with Crippen LogP contribution in [0.5, 0.6) is 5.88 Å². The summed E-state index contributed by atoms with van der Waals surface area (Å²) in [4.78, 5) is 2.30. The molecule has 0 radical (unpaired) electrons. The zero-order chi connectivity index (χ0) is 16.1. The number of benzene rings is 1. The highest BCUT2D eigenvalue weighted by atomic mass is 32.1. The predicted molar refractivity (Wildman–Crippen MR) is 95.0 cm³/mol. The number of aromatic nitrogens is 2. The molecule has 1 aromatic heterocycles. The monoisotopic (exact) mass is 329 g/mol. The van der Waals surface area contributed by atoms with Crippen molar-refractivity contribution in [2.24, 2.45) is 0 Å². The Labute approximate surface area is 142 Å². The average Bonchev–Trinajstić information content (AvgIpc) is 3.02. The van der Waals surface area contributed by atoms with Gasteiger partial charge in [0.2, 0.25) is 0 Å². The van der Waals surface area contributed by atoms with Crippen molar-refractivity contribution in [3.8, 4) is 5.88 Å². The molecule has 4 nitrogen and oxygen atoms in total. The Morgan fingerprint density at radius 1 is 1.22 bits per heavy atom. The lowest BCUT2D eigenvalue weighted by atomic mass is 10.1. The fourth-order valence-electron chi connectivity index (χ4n) is 2.74. The first kappa shape index (κ1) is 16.1. The number of rotatable bonds is 6. The molecule has 2 aromatic rings. The lowest BCUT2D eigenvalue weighted by Crippen LogP contribution is -2.25. The zero-order valence-corrected chi connectivity index (χ0v) is 14.6. The van der Waals surface area contributed by atoms with Crippen LogP contribution < -0.4 is 4.74 Å². The molecule has 0 spiro atoms. The largest absolute Gasteiger partial charge is 0.475 e. The molecule has 1 aliphatic rings. The molecule has 23 heavy (non-hydrogen) atoms. The van der Waals surface area contributed by atoms with Crippen molar-refractivity contribution in [1.82, 2.24) is 13.6 Å². The summed E-state index contributed by atoms with van der Waals surface area (Å²) in [5.41, 5.74) is 4.82. The summed E-state index contributed by atoms with van der Waals surface area (Å²) in [7, 11) is 2.13. The van der Waals surface area contributed by atoms with Gasteiger partial charge >= 0.3 is 0 Å². The van der Waals surface area contributed by atoms with E-state index in [-0.39, 0.29) is 0 Å². The van der Waals surface area contributed by atoms with Crippen molar-refractivity contribution in [3.05, 3.63) is 47.2 Å². The molecular weight excluding hydrogens is 306 g/mol. The van der Waals surface area contributed by atoms with Gasteiger partial charge in [-0.2, -0.15) is 4.37 Å². The molecule has 0 amide bonds. The molecule has 0 bridgehead atoms. The maximum atomic E-state index is 5.89. The van der Waals surface area contributed by atoms with E-state index in [4.69, 9.17) is 4.74 Å². The van der Waals surface area contributed by atoms with Crippen LogP contribution in [0.3, 0.4) is 0 Å². The van der Waals surface area contributed by atoms with E-state index in [1.54, 1.807) is 0 Å². The third-order valence-electron chi connectivity index (χ3n) is 4.07. The van der Waals surface area contributed by atoms with E-state index >= 15 is 0 Å². The number of hydrogen-bond acceptors (Lipinski definition) is 5. The van der Waals surface area contributed by atoms with Crippen LogP contribution >= 0.6 is 11.7 Å². The van der Waals surface area contributed by atoms with E-state index in [1.807, 2.05) is 0 Å². The number of ether oxygens (including phenoxy) is 1. The molecule has 0 saturated heterocycles. The molecule has 2 heterocycles. The second-order valence-corrected chi connectivity index (χ2v) is 6.64. The Morgan fingerprint density at radius 3 is 2.83 bits per heavy atom. The van der Waals surface area contributed by atoms with Gasteiger partial charge in [-0.15, -0.1) is 4.37 Å². The molecule has 0 atom stereocenters. The minimum absolute atomic E-state index is 0.676. The molecular formula is C18H23N3OS. The standard InChI is InChI=1S/C18H23N3OS/c1-14-7-9-15(10-8-14)5-4-12-22-18-17(19-23-20-18)16-6-3-11-21(2)13-16/h6-10H,3-5,11-13H2,1-2H3. The van der Waals surface area contributed by atoms with E-state index in [9.17, 15) is 0 Å². The third kappa shape index (κ3) is 4.39. The minimum atomic E-state index is 0.676. The second-order valence-electron chi connectivity index (χ2n) is 6.11. The van der Waals surface area contributed by atoms with Gasteiger partial charge in [-0.25, -0.2) is 0 Å². The Bertz CT molecular complexity index is 663. The summed E-state index contributed by atoms with van der Waals surface area (Å²) in [5, 5.41) is 0. The second kappa shape index (κ2) is 7.70. The van der Waals surface area contributed by atoms with Crippen molar-refractivity contribution in [3.63, 3.8) is 0 Å². The smallest absolute Gasteiger partial charge is 0.253 e. The fourth-order valence-corrected chi connectivity index (χ4v) is 3.27. The number of hydrogen-bond donors (Lipinski definition) is 0. The first-order chi connectivity index (χ1) is 11.2. The molecule has 0 aliphatic carbocycles. The lowest BCUT2D eigenvalue weighted by Gasteiger charge is -2.22. The van der Waals surface area contributed by atoms with Crippen LogP contribution in [-0.4, -0.2) is 40.4 Å². The van der Waals surface area contributed by atoms with Crippen LogP contribution in [0.15, 0.2) is 30.3 Å². The maximum absolute atomic E-state index is 5.89. The van der Waals surface area contributed by atoms with E-state index in [0.29, 0.717) is 12.5 Å². The zero-order valence-electron chi connectivity index (χ0n) is 13.8. The van der Waals surface area contributed by atoms with Gasteiger partial charge in [-0.1, -0.05) is 35.9 Å². The van der Waals surface area contributed by atoms with E-state index in [2.05, 4.69) is 58.0 Å². The number of aryl methyl sites for hydroxylation is 2. The molecule has 0 fully saturated rings. The highest BCUT2D eigenvalue weighted by Crippen LogP contribution is 2.27. The highest BCUT2D eigenvalue weighted by molar-refractivity contribution is 6.99. The van der Waals surface area contributed by atoms with Crippen molar-refractivity contribution < 1.29 is 4.74 Å². The summed E-state index contributed by atoms with van der Waals surface area (Å²) >= 11 is 1.23. The Kier molecular flexibility index (Phi) is 5.41. The molecule has 0 unspecified atom stereocenters. The number of likely N-dealkylation sites (N-methyl/N-ethyl adjacent to an activating group) is 1. The normalized spacial score (nSPS) is 15.5.